The average Bonchev–Trinajstić information content (AvgIpc) is 2.85. The number of rotatable bonds is 9. The lowest BCUT2D eigenvalue weighted by Crippen LogP contribution is -2.52. The zero-order chi connectivity index (χ0) is 22.9. The van der Waals surface area contributed by atoms with Crippen LogP contribution in [0, 0.1) is 11.8 Å². The summed E-state index contributed by atoms with van der Waals surface area (Å²) < 4.78 is 0. The number of carbonyl (C=O) groups excluding carboxylic acids is 1. The Morgan fingerprint density at radius 2 is 1.30 bits per heavy atom. The lowest BCUT2D eigenvalue weighted by Gasteiger charge is -2.45. The molecule has 1 heterocycles. The molecule has 0 aliphatic carbocycles. The first-order valence-corrected chi connectivity index (χ1v) is 12.6. The molecule has 2 heteroatoms. The molecule has 4 rings (SSSR count). The highest BCUT2D eigenvalue weighted by Crippen LogP contribution is 2.35. The van der Waals surface area contributed by atoms with Crippen molar-refractivity contribution >= 4 is 5.91 Å². The third-order valence-corrected chi connectivity index (χ3v) is 7.22. The number of hydrogen-bond acceptors (Lipinski definition) is 1. The lowest BCUT2D eigenvalue weighted by atomic mass is 9.75. The Kier molecular flexibility index (Phi) is 8.35. The van der Waals surface area contributed by atoms with Gasteiger partial charge in [-0.2, -0.15) is 0 Å². The molecule has 3 aromatic rings. The fourth-order valence-corrected chi connectivity index (χ4v) is 5.44. The predicted molar refractivity (Wildman–Crippen MR) is 137 cm³/mol. The molecular formula is C31H37NO. The van der Waals surface area contributed by atoms with Gasteiger partial charge in [-0.05, 0) is 54.2 Å². The Morgan fingerprint density at radius 1 is 0.758 bits per heavy atom. The molecule has 1 aliphatic heterocycles. The van der Waals surface area contributed by atoms with Crippen molar-refractivity contribution in [2.75, 3.05) is 6.54 Å². The molecule has 33 heavy (non-hydrogen) atoms. The van der Waals surface area contributed by atoms with Crippen molar-refractivity contribution in [1.29, 1.82) is 0 Å². The molecule has 172 valence electrons. The lowest BCUT2D eigenvalue weighted by molar-refractivity contribution is -0.136. The minimum Gasteiger partial charge on any atom is -0.339 e. The van der Waals surface area contributed by atoms with Crippen molar-refractivity contribution in [2.24, 2.45) is 11.8 Å². The fraction of sp³-hybridized carbons (Fsp3) is 0.387. The van der Waals surface area contributed by atoms with Crippen molar-refractivity contribution in [3.05, 3.63) is 108 Å². The Bertz CT molecular complexity index is 970. The minimum absolute atomic E-state index is 0.259. The summed E-state index contributed by atoms with van der Waals surface area (Å²) in [5, 5.41) is 0. The van der Waals surface area contributed by atoms with E-state index in [2.05, 4.69) is 84.6 Å². The van der Waals surface area contributed by atoms with Crippen LogP contribution in [-0.4, -0.2) is 23.4 Å². The van der Waals surface area contributed by atoms with Gasteiger partial charge in [-0.3, -0.25) is 4.79 Å². The molecule has 3 unspecified atom stereocenters. The summed E-state index contributed by atoms with van der Waals surface area (Å²) in [6, 6.07) is 32.1. The predicted octanol–water partition coefficient (Wildman–Crippen LogP) is 6.74. The Hall–Kier alpha value is -2.87. The van der Waals surface area contributed by atoms with Crippen LogP contribution in [-0.2, 0) is 24.1 Å². The van der Waals surface area contributed by atoms with E-state index < -0.39 is 0 Å². The van der Waals surface area contributed by atoms with Crippen LogP contribution in [0.4, 0.5) is 0 Å². The molecule has 0 radical (unpaired) electrons. The van der Waals surface area contributed by atoms with Crippen LogP contribution in [0.15, 0.2) is 91.0 Å². The second kappa shape index (κ2) is 11.8. The van der Waals surface area contributed by atoms with E-state index in [1.807, 2.05) is 18.2 Å². The van der Waals surface area contributed by atoms with Gasteiger partial charge in [-0.25, -0.2) is 0 Å². The van der Waals surface area contributed by atoms with Crippen molar-refractivity contribution in [3.8, 4) is 0 Å². The highest BCUT2D eigenvalue weighted by molar-refractivity contribution is 5.79. The van der Waals surface area contributed by atoms with Crippen LogP contribution >= 0.6 is 0 Å². The number of amides is 1. The van der Waals surface area contributed by atoms with Crippen molar-refractivity contribution in [2.45, 2.75) is 57.9 Å². The Morgan fingerprint density at radius 3 is 1.88 bits per heavy atom. The van der Waals surface area contributed by atoms with Crippen LogP contribution in [0.25, 0.3) is 0 Å². The molecule has 0 aromatic heterocycles. The van der Waals surface area contributed by atoms with Gasteiger partial charge in [0.05, 0.1) is 6.42 Å². The zero-order valence-corrected chi connectivity index (χ0v) is 19.9. The molecule has 0 bridgehead atoms. The Balaban J connectivity index is 1.57. The zero-order valence-electron chi connectivity index (χ0n) is 19.9. The SMILES string of the molecule is CCCCC1CN(C(=O)Cc2ccccc2)C(Cc2ccccc2)CC1Cc1ccccc1. The molecule has 3 aromatic carbocycles. The maximum atomic E-state index is 13.6. The van der Waals surface area contributed by atoms with E-state index in [0.29, 0.717) is 18.3 Å². The molecular weight excluding hydrogens is 402 g/mol. The van der Waals surface area contributed by atoms with Crippen molar-refractivity contribution < 1.29 is 4.79 Å². The van der Waals surface area contributed by atoms with Gasteiger partial charge in [0.2, 0.25) is 5.91 Å². The summed E-state index contributed by atoms with van der Waals surface area (Å²) in [7, 11) is 0. The maximum absolute atomic E-state index is 13.6. The van der Waals surface area contributed by atoms with Gasteiger partial charge in [0.25, 0.3) is 0 Å². The van der Waals surface area contributed by atoms with Gasteiger partial charge in [-0.15, -0.1) is 0 Å². The highest BCUT2D eigenvalue weighted by Gasteiger charge is 2.37. The van der Waals surface area contributed by atoms with Gasteiger partial charge >= 0.3 is 0 Å². The van der Waals surface area contributed by atoms with E-state index in [0.717, 1.165) is 31.4 Å². The molecule has 2 nitrogen and oxygen atoms in total. The summed E-state index contributed by atoms with van der Waals surface area (Å²) in [6.45, 7) is 3.16. The van der Waals surface area contributed by atoms with Crippen molar-refractivity contribution in [3.63, 3.8) is 0 Å². The largest absolute Gasteiger partial charge is 0.339 e. The van der Waals surface area contributed by atoms with Gasteiger partial charge in [-0.1, -0.05) is 111 Å². The summed E-state index contributed by atoms with van der Waals surface area (Å²) in [5.41, 5.74) is 3.86. The second-order valence-electron chi connectivity index (χ2n) is 9.64. The number of nitrogens with zero attached hydrogens (tertiary/aromatic N) is 1. The van der Waals surface area contributed by atoms with Crippen LogP contribution in [0.1, 0.15) is 49.3 Å². The van der Waals surface area contributed by atoms with Crippen LogP contribution in [0.5, 0.6) is 0 Å². The van der Waals surface area contributed by atoms with Gasteiger partial charge in [0.15, 0.2) is 0 Å². The smallest absolute Gasteiger partial charge is 0.227 e. The van der Waals surface area contributed by atoms with E-state index in [-0.39, 0.29) is 11.9 Å². The molecule has 1 aliphatic rings. The number of hydrogen-bond donors (Lipinski definition) is 0. The van der Waals surface area contributed by atoms with Crippen LogP contribution in [0.3, 0.4) is 0 Å². The third-order valence-electron chi connectivity index (χ3n) is 7.22. The minimum atomic E-state index is 0.259. The van der Waals surface area contributed by atoms with Gasteiger partial charge < -0.3 is 4.90 Å². The van der Waals surface area contributed by atoms with Crippen LogP contribution < -0.4 is 0 Å². The van der Waals surface area contributed by atoms with Gasteiger partial charge in [0, 0.05) is 12.6 Å². The molecule has 0 saturated carbocycles. The van der Waals surface area contributed by atoms with E-state index in [4.69, 9.17) is 0 Å². The normalized spacial score (nSPS) is 20.5. The first kappa shape index (κ1) is 23.3. The average molecular weight is 440 g/mol. The number of likely N-dealkylation sites (tertiary alicyclic amines) is 1. The molecule has 1 amide bonds. The summed E-state index contributed by atoms with van der Waals surface area (Å²) in [5.74, 6) is 1.46. The standard InChI is InChI=1S/C31H37NO/c1-2-3-19-28-24-32(31(33)22-27-17-11-6-12-18-27)30(21-26-15-9-5-10-16-26)23-29(28)20-25-13-7-4-8-14-25/h4-18,28-30H,2-3,19-24H2,1H3. The van der Waals surface area contributed by atoms with E-state index in [1.165, 1.54) is 30.4 Å². The maximum Gasteiger partial charge on any atom is 0.227 e. The van der Waals surface area contributed by atoms with E-state index >= 15 is 0 Å². The number of unbranched alkanes of at least 4 members (excludes halogenated alkanes) is 1. The number of piperidine rings is 1. The summed E-state index contributed by atoms with van der Waals surface area (Å²) in [4.78, 5) is 15.8. The Labute approximate surface area is 199 Å². The summed E-state index contributed by atoms with van der Waals surface area (Å²) >= 11 is 0. The molecule has 3 atom stereocenters. The first-order valence-electron chi connectivity index (χ1n) is 12.6. The topological polar surface area (TPSA) is 20.3 Å². The third kappa shape index (κ3) is 6.57. The number of carbonyl (C=O) groups is 1. The number of benzene rings is 3. The van der Waals surface area contributed by atoms with Crippen molar-refractivity contribution in [1.82, 2.24) is 4.90 Å². The quantitative estimate of drug-likeness (QED) is 0.362. The monoisotopic (exact) mass is 439 g/mol. The van der Waals surface area contributed by atoms with Crippen LogP contribution in [0.2, 0.25) is 0 Å². The molecule has 0 spiro atoms. The summed E-state index contributed by atoms with van der Waals surface area (Å²) in [6.07, 6.45) is 7.28. The second-order valence-corrected chi connectivity index (χ2v) is 9.64. The van der Waals surface area contributed by atoms with E-state index in [1.54, 1.807) is 0 Å². The van der Waals surface area contributed by atoms with Gasteiger partial charge in [0.1, 0.15) is 0 Å². The molecule has 1 saturated heterocycles. The fourth-order valence-electron chi connectivity index (χ4n) is 5.44. The first-order chi connectivity index (χ1) is 16.2. The molecule has 0 N–H and O–H groups in total. The molecule has 1 fully saturated rings. The highest BCUT2D eigenvalue weighted by atomic mass is 16.2. The van der Waals surface area contributed by atoms with E-state index in [9.17, 15) is 4.79 Å².